The number of amides is 2. The second kappa shape index (κ2) is 9.42. The number of benzene rings is 1. The summed E-state index contributed by atoms with van der Waals surface area (Å²) in [6, 6.07) is 7.80. The van der Waals surface area contributed by atoms with Gasteiger partial charge in [0.05, 0.1) is 11.8 Å². The first-order valence-corrected chi connectivity index (χ1v) is 11.4. The van der Waals surface area contributed by atoms with E-state index in [0.29, 0.717) is 43.6 Å². The molecule has 32 heavy (non-hydrogen) atoms. The van der Waals surface area contributed by atoms with Gasteiger partial charge in [0.1, 0.15) is 18.0 Å². The van der Waals surface area contributed by atoms with Crippen molar-refractivity contribution in [2.45, 2.75) is 38.6 Å². The molecule has 2 N–H and O–H groups in total. The van der Waals surface area contributed by atoms with Crippen molar-refractivity contribution in [3.63, 3.8) is 0 Å². The molecule has 0 saturated carbocycles. The van der Waals surface area contributed by atoms with Crippen LogP contribution in [0.3, 0.4) is 0 Å². The third-order valence-electron chi connectivity index (χ3n) is 6.12. The molecule has 170 valence electrons. The van der Waals surface area contributed by atoms with E-state index >= 15 is 0 Å². The summed E-state index contributed by atoms with van der Waals surface area (Å²) in [5.41, 5.74) is 1.81. The standard InChI is InChI=1S/C23H29ClN6O2/c1-14(2)25-12-18(16-4-6-17(24)7-5-16)23(32)30-10-8-29(9-11-30)21-19-15(3)22(31)28-20(19)26-13-27-21/h4-7,13-15,18,25H,8-12H2,1-3H3,(H,26,27,28,31)/t15?,18-/m1/s1. The first-order valence-electron chi connectivity index (χ1n) is 11.0. The van der Waals surface area contributed by atoms with Gasteiger partial charge >= 0.3 is 0 Å². The monoisotopic (exact) mass is 456 g/mol. The van der Waals surface area contributed by atoms with Gasteiger partial charge in [-0.3, -0.25) is 9.59 Å². The van der Waals surface area contributed by atoms with Crippen molar-refractivity contribution in [2.24, 2.45) is 0 Å². The molecule has 1 unspecified atom stereocenters. The maximum absolute atomic E-state index is 13.5. The molecule has 1 aromatic carbocycles. The highest BCUT2D eigenvalue weighted by Crippen LogP contribution is 2.36. The molecule has 0 spiro atoms. The van der Waals surface area contributed by atoms with Crippen LogP contribution in [0.25, 0.3) is 0 Å². The van der Waals surface area contributed by atoms with Crippen molar-refractivity contribution in [1.29, 1.82) is 0 Å². The minimum absolute atomic E-state index is 0.0565. The number of carbonyl (C=O) groups excluding carboxylic acids is 2. The molecule has 2 aliphatic rings. The van der Waals surface area contributed by atoms with Crippen molar-refractivity contribution in [2.75, 3.05) is 42.9 Å². The van der Waals surface area contributed by atoms with Crippen LogP contribution in [0.1, 0.15) is 43.7 Å². The fourth-order valence-electron chi connectivity index (χ4n) is 4.25. The molecule has 1 fully saturated rings. The Morgan fingerprint density at radius 3 is 2.53 bits per heavy atom. The normalized spacial score (nSPS) is 19.2. The number of piperazine rings is 1. The third kappa shape index (κ3) is 4.56. The molecule has 8 nitrogen and oxygen atoms in total. The van der Waals surface area contributed by atoms with Gasteiger partial charge in [-0.2, -0.15) is 0 Å². The van der Waals surface area contributed by atoms with E-state index in [4.69, 9.17) is 11.6 Å². The molecule has 1 saturated heterocycles. The molecule has 1 aromatic heterocycles. The first kappa shape index (κ1) is 22.5. The summed E-state index contributed by atoms with van der Waals surface area (Å²) in [6.07, 6.45) is 1.48. The topological polar surface area (TPSA) is 90.5 Å². The summed E-state index contributed by atoms with van der Waals surface area (Å²) >= 11 is 6.05. The van der Waals surface area contributed by atoms with Crippen LogP contribution in [0.2, 0.25) is 5.02 Å². The maximum atomic E-state index is 13.5. The van der Waals surface area contributed by atoms with Crippen molar-refractivity contribution in [1.82, 2.24) is 20.2 Å². The number of fused-ring (bicyclic) bond motifs is 1. The number of nitrogens with zero attached hydrogens (tertiary/aromatic N) is 4. The highest BCUT2D eigenvalue weighted by atomic mass is 35.5. The van der Waals surface area contributed by atoms with Gasteiger partial charge in [0.2, 0.25) is 11.8 Å². The lowest BCUT2D eigenvalue weighted by Crippen LogP contribution is -2.51. The number of carbonyl (C=O) groups is 2. The highest BCUT2D eigenvalue weighted by molar-refractivity contribution is 6.30. The number of hydrogen-bond donors (Lipinski definition) is 2. The van der Waals surface area contributed by atoms with Crippen molar-refractivity contribution < 1.29 is 9.59 Å². The fraction of sp³-hybridized carbons (Fsp3) is 0.478. The largest absolute Gasteiger partial charge is 0.353 e. The van der Waals surface area contributed by atoms with Crippen LogP contribution in [0.15, 0.2) is 30.6 Å². The number of nitrogens with one attached hydrogen (secondary N) is 2. The zero-order chi connectivity index (χ0) is 22.8. The Kier molecular flexibility index (Phi) is 6.62. The molecule has 2 aliphatic heterocycles. The lowest BCUT2D eigenvalue weighted by Gasteiger charge is -2.38. The molecular formula is C23H29ClN6O2. The zero-order valence-electron chi connectivity index (χ0n) is 18.6. The Morgan fingerprint density at radius 1 is 1.19 bits per heavy atom. The fourth-order valence-corrected chi connectivity index (χ4v) is 4.37. The molecule has 4 rings (SSSR count). The number of hydrogen-bond acceptors (Lipinski definition) is 6. The Hall–Kier alpha value is -2.71. The second-order valence-corrected chi connectivity index (χ2v) is 9.09. The lowest BCUT2D eigenvalue weighted by atomic mass is 9.96. The highest BCUT2D eigenvalue weighted by Gasteiger charge is 2.35. The SMILES string of the molecule is CC(C)NC[C@@H](C(=O)N1CCN(c2ncnc3c2C(C)C(=O)N3)CC1)c1ccc(Cl)cc1. The summed E-state index contributed by atoms with van der Waals surface area (Å²) in [7, 11) is 0. The molecular weight excluding hydrogens is 428 g/mol. The summed E-state index contributed by atoms with van der Waals surface area (Å²) in [5.74, 6) is 0.873. The van der Waals surface area contributed by atoms with Crippen LogP contribution in [0.5, 0.6) is 0 Å². The average molecular weight is 457 g/mol. The van der Waals surface area contributed by atoms with Gasteiger partial charge in [0, 0.05) is 49.4 Å². The Morgan fingerprint density at radius 2 is 1.88 bits per heavy atom. The van der Waals surface area contributed by atoms with E-state index < -0.39 is 0 Å². The van der Waals surface area contributed by atoms with Gasteiger partial charge in [-0.25, -0.2) is 9.97 Å². The lowest BCUT2D eigenvalue weighted by molar-refractivity contribution is -0.133. The van der Waals surface area contributed by atoms with Gasteiger partial charge < -0.3 is 20.4 Å². The Balaban J connectivity index is 1.47. The Labute approximate surface area is 193 Å². The van der Waals surface area contributed by atoms with Gasteiger partial charge in [-0.05, 0) is 24.6 Å². The maximum Gasteiger partial charge on any atom is 0.233 e. The van der Waals surface area contributed by atoms with E-state index in [2.05, 4.69) is 39.3 Å². The van der Waals surface area contributed by atoms with Crippen LogP contribution in [0, 0.1) is 0 Å². The molecule has 0 radical (unpaired) electrons. The minimum Gasteiger partial charge on any atom is -0.353 e. The van der Waals surface area contributed by atoms with E-state index in [1.165, 1.54) is 6.33 Å². The number of anilines is 2. The number of rotatable bonds is 6. The van der Waals surface area contributed by atoms with E-state index in [1.54, 1.807) is 0 Å². The van der Waals surface area contributed by atoms with Crippen LogP contribution < -0.4 is 15.5 Å². The van der Waals surface area contributed by atoms with E-state index in [1.807, 2.05) is 36.1 Å². The van der Waals surface area contributed by atoms with E-state index in [0.717, 1.165) is 16.9 Å². The third-order valence-corrected chi connectivity index (χ3v) is 6.37. The van der Waals surface area contributed by atoms with Gasteiger partial charge in [0.15, 0.2) is 0 Å². The summed E-state index contributed by atoms with van der Waals surface area (Å²) in [5, 5.41) is 6.88. The number of halogens is 1. The predicted octanol–water partition coefficient (Wildman–Crippen LogP) is 2.62. The van der Waals surface area contributed by atoms with Gasteiger partial charge in [-0.15, -0.1) is 0 Å². The van der Waals surface area contributed by atoms with Crippen LogP contribution in [-0.4, -0.2) is 65.4 Å². The van der Waals surface area contributed by atoms with E-state index in [-0.39, 0.29) is 29.7 Å². The molecule has 3 heterocycles. The van der Waals surface area contributed by atoms with Crippen LogP contribution >= 0.6 is 11.6 Å². The average Bonchev–Trinajstić information content (AvgIpc) is 3.08. The van der Waals surface area contributed by atoms with Crippen molar-refractivity contribution in [3.8, 4) is 0 Å². The first-order chi connectivity index (χ1) is 15.3. The smallest absolute Gasteiger partial charge is 0.233 e. The van der Waals surface area contributed by atoms with Crippen molar-refractivity contribution >= 4 is 35.1 Å². The second-order valence-electron chi connectivity index (χ2n) is 8.65. The number of aromatic nitrogens is 2. The summed E-state index contributed by atoms with van der Waals surface area (Å²) in [4.78, 5) is 38.3. The quantitative estimate of drug-likeness (QED) is 0.694. The minimum atomic E-state index is -0.280. The molecule has 0 aliphatic carbocycles. The predicted molar refractivity (Wildman–Crippen MR) is 125 cm³/mol. The van der Waals surface area contributed by atoms with Crippen molar-refractivity contribution in [3.05, 3.63) is 46.7 Å². The Bertz CT molecular complexity index is 988. The molecule has 0 bridgehead atoms. The molecule has 2 atom stereocenters. The van der Waals surface area contributed by atoms with E-state index in [9.17, 15) is 9.59 Å². The molecule has 2 amide bonds. The van der Waals surface area contributed by atoms with Gasteiger partial charge in [-0.1, -0.05) is 37.6 Å². The van der Waals surface area contributed by atoms with Crippen LogP contribution in [0.4, 0.5) is 11.6 Å². The summed E-state index contributed by atoms with van der Waals surface area (Å²) < 4.78 is 0. The zero-order valence-corrected chi connectivity index (χ0v) is 19.4. The van der Waals surface area contributed by atoms with Crippen LogP contribution in [-0.2, 0) is 9.59 Å². The molecule has 2 aromatic rings. The molecule has 9 heteroatoms. The summed E-state index contributed by atoms with van der Waals surface area (Å²) in [6.45, 7) is 9.08. The van der Waals surface area contributed by atoms with Gasteiger partial charge in [0.25, 0.3) is 0 Å².